The first-order chi connectivity index (χ1) is 26.2. The minimum Gasteiger partial charge on any atom is -0.474 e. The van der Waals surface area contributed by atoms with E-state index in [1.54, 1.807) is 18.3 Å². The van der Waals surface area contributed by atoms with Crippen LogP contribution in [0.5, 0.6) is 5.88 Å². The number of halogens is 1. The second-order valence-electron chi connectivity index (χ2n) is 18.3. The first kappa shape index (κ1) is 40.5. The molecule has 0 bridgehead atoms. The van der Waals surface area contributed by atoms with E-state index in [9.17, 15) is 23.1 Å². The molecule has 304 valence electrons. The average Bonchev–Trinajstić information content (AvgIpc) is 4.06. The highest BCUT2D eigenvalue weighted by Gasteiger charge is 2.88. The number of rotatable bonds is 15. The highest BCUT2D eigenvalue weighted by Crippen LogP contribution is 2.93. The lowest BCUT2D eigenvalue weighted by Gasteiger charge is -2.39. The fourth-order valence-corrected chi connectivity index (χ4v) is 11.4. The molecule has 0 radical (unpaired) electrons. The van der Waals surface area contributed by atoms with E-state index in [-0.39, 0.29) is 32.8 Å². The summed E-state index contributed by atoms with van der Waals surface area (Å²) in [5.41, 5.74) is 0.378. The minimum atomic E-state index is -4.36. The second kappa shape index (κ2) is 14.3. The van der Waals surface area contributed by atoms with E-state index in [0.717, 1.165) is 19.3 Å². The molecule has 56 heavy (non-hydrogen) atoms. The lowest BCUT2D eigenvalue weighted by Crippen LogP contribution is -2.46. The van der Waals surface area contributed by atoms with E-state index in [1.807, 2.05) is 18.6 Å². The van der Waals surface area contributed by atoms with Crippen molar-refractivity contribution >= 4 is 47.8 Å². The van der Waals surface area contributed by atoms with E-state index < -0.39 is 35.9 Å². The van der Waals surface area contributed by atoms with Crippen LogP contribution < -0.4 is 14.8 Å². The third kappa shape index (κ3) is 7.78. The first-order valence-electron chi connectivity index (χ1n) is 19.5. The molecule has 4 aliphatic rings. The van der Waals surface area contributed by atoms with Crippen molar-refractivity contribution in [2.24, 2.45) is 22.7 Å². The Morgan fingerprint density at radius 2 is 1.77 bits per heavy atom. The van der Waals surface area contributed by atoms with Crippen molar-refractivity contribution in [3.05, 3.63) is 53.3 Å². The molecule has 1 unspecified atom stereocenters. The molecule has 3 aliphatic carbocycles. The van der Waals surface area contributed by atoms with Crippen LogP contribution in [0, 0.1) is 22.7 Å². The fourth-order valence-electron chi connectivity index (χ4n) is 8.95. The van der Waals surface area contributed by atoms with Gasteiger partial charge in [-0.1, -0.05) is 38.4 Å². The summed E-state index contributed by atoms with van der Waals surface area (Å²) < 4.78 is 43.2. The number of carbonyl (C=O) groups is 2. The Hall–Kier alpha value is -3.73. The molecule has 0 aromatic carbocycles. The summed E-state index contributed by atoms with van der Waals surface area (Å²) in [6.45, 7) is 16.6. The molecule has 1 aliphatic heterocycles. The van der Waals surface area contributed by atoms with Crippen LogP contribution in [0.4, 0.5) is 10.6 Å². The SMILES string of the molecule is CC1(C)C[C@H](CCCNc2cccc(S(=O)(=O)NC(=O)c3ccc(-n4ccc(OCC(O[Si](C)(C)C(C)(C)C)C5C6(CC6)C56CC6)n4)nc3Cl)n2)CN1C(=O)O. The number of ether oxygens (including phenoxy) is 1. The molecule has 3 saturated carbocycles. The maximum absolute atomic E-state index is 13.2. The maximum Gasteiger partial charge on any atom is 0.407 e. The number of hydrogen-bond acceptors (Lipinski definition) is 10. The van der Waals surface area contributed by atoms with Crippen molar-refractivity contribution in [1.29, 1.82) is 0 Å². The van der Waals surface area contributed by atoms with E-state index >= 15 is 0 Å². The highest BCUT2D eigenvalue weighted by molar-refractivity contribution is 7.90. The van der Waals surface area contributed by atoms with Crippen molar-refractivity contribution in [2.45, 2.75) is 114 Å². The Morgan fingerprint density at radius 3 is 2.38 bits per heavy atom. The van der Waals surface area contributed by atoms with Gasteiger partial charge in [0.25, 0.3) is 15.9 Å². The van der Waals surface area contributed by atoms with Crippen LogP contribution >= 0.6 is 11.6 Å². The summed E-state index contributed by atoms with van der Waals surface area (Å²) in [6, 6.07) is 9.13. The van der Waals surface area contributed by atoms with Crippen LogP contribution in [0.15, 0.2) is 47.6 Å². The lowest BCUT2D eigenvalue weighted by atomic mass is 9.93. The van der Waals surface area contributed by atoms with Crippen molar-refractivity contribution in [2.75, 3.05) is 25.0 Å². The number of likely N-dealkylation sites (tertiary alicyclic amines) is 1. The third-order valence-corrected chi connectivity index (χ3v) is 19.1. The summed E-state index contributed by atoms with van der Waals surface area (Å²) in [6.07, 6.45) is 8.28. The maximum atomic E-state index is 13.2. The number of sulfonamides is 1. The number of fused-ring (bicyclic) bond motifs is 1. The monoisotopic (exact) mass is 827 g/mol. The number of hydrogen-bond donors (Lipinski definition) is 3. The number of carboxylic acid groups (broad SMARTS) is 1. The van der Waals surface area contributed by atoms with Gasteiger partial charge in [-0.2, -0.15) is 8.42 Å². The summed E-state index contributed by atoms with van der Waals surface area (Å²) in [7, 11) is -6.40. The van der Waals surface area contributed by atoms with Gasteiger partial charge in [0.2, 0.25) is 5.88 Å². The predicted molar refractivity (Wildman–Crippen MR) is 214 cm³/mol. The molecule has 7 rings (SSSR count). The minimum absolute atomic E-state index is 0.0106. The number of aromatic nitrogens is 4. The number of amides is 2. The van der Waals surface area contributed by atoms with Crippen LogP contribution in [0.3, 0.4) is 0 Å². The van der Waals surface area contributed by atoms with Crippen molar-refractivity contribution < 1.29 is 32.3 Å². The van der Waals surface area contributed by atoms with Gasteiger partial charge < -0.3 is 24.5 Å². The van der Waals surface area contributed by atoms with Gasteiger partial charge in [-0.25, -0.2) is 24.2 Å². The van der Waals surface area contributed by atoms with Crippen LogP contribution in [0.2, 0.25) is 23.3 Å². The number of anilines is 1. The number of nitrogens with zero attached hydrogens (tertiary/aromatic N) is 5. The fraction of sp³-hybridized carbons (Fsp3) is 0.615. The summed E-state index contributed by atoms with van der Waals surface area (Å²) in [5, 5.41) is 16.7. The zero-order valence-electron chi connectivity index (χ0n) is 33.3. The third-order valence-electron chi connectivity index (χ3n) is 13.1. The van der Waals surface area contributed by atoms with Crippen LogP contribution in [-0.2, 0) is 14.4 Å². The topological polar surface area (TPSA) is 178 Å². The number of nitrogens with one attached hydrogen (secondary N) is 2. The first-order valence-corrected chi connectivity index (χ1v) is 24.3. The summed E-state index contributed by atoms with van der Waals surface area (Å²) in [4.78, 5) is 34.7. The molecular formula is C39H54ClN7O7SSi. The standard InChI is InChI=1S/C39H54ClN7O7SSi/c1-36(2,3)56(6,7)54-27(32-38(16-17-38)39(32)18-19-39)24-53-30-15-21-47(44-30)29-14-13-26(33(40)43-29)34(48)45-55(51,52)31-12-8-11-28(42-31)41-20-9-10-25-22-37(4,5)46(23-25)35(49)50/h8,11-15,21,25,27,32H,9-10,16-20,22-24H2,1-7H3,(H,41,42)(H,45,48)(H,49,50)/t25-,27?/m0/s1. The molecule has 4 fully saturated rings. The molecule has 2 spiro atoms. The Bertz CT molecular complexity index is 2100. The van der Waals surface area contributed by atoms with Gasteiger partial charge in [0.15, 0.2) is 19.2 Å². The van der Waals surface area contributed by atoms with Crippen LogP contribution in [0.1, 0.15) is 89.9 Å². The average molecular weight is 829 g/mol. The highest BCUT2D eigenvalue weighted by atomic mass is 35.5. The Kier molecular flexibility index (Phi) is 10.3. The van der Waals surface area contributed by atoms with Crippen LogP contribution in [-0.4, -0.2) is 89.8 Å². The zero-order chi connectivity index (χ0) is 40.5. The van der Waals surface area contributed by atoms with E-state index in [0.29, 0.717) is 54.0 Å². The molecule has 3 aromatic rings. The predicted octanol–water partition coefficient (Wildman–Crippen LogP) is 7.36. The van der Waals surface area contributed by atoms with Crippen LogP contribution in [0.25, 0.3) is 5.82 Å². The molecular weight excluding hydrogens is 774 g/mol. The Labute approximate surface area is 335 Å². The number of carbonyl (C=O) groups excluding carboxylic acids is 1. The van der Waals surface area contributed by atoms with Gasteiger partial charge in [0, 0.05) is 30.9 Å². The van der Waals surface area contributed by atoms with Gasteiger partial charge in [-0.3, -0.25) is 4.79 Å². The van der Waals surface area contributed by atoms with Gasteiger partial charge in [0.1, 0.15) is 17.6 Å². The molecule has 3 aromatic heterocycles. The van der Waals surface area contributed by atoms with Gasteiger partial charge >= 0.3 is 6.09 Å². The molecule has 3 N–H and O–H groups in total. The lowest BCUT2D eigenvalue weighted by molar-refractivity contribution is 0.0850. The van der Waals surface area contributed by atoms with E-state index in [4.69, 9.17) is 20.8 Å². The molecule has 14 nitrogen and oxygen atoms in total. The molecule has 17 heteroatoms. The van der Waals surface area contributed by atoms with Crippen molar-refractivity contribution in [1.82, 2.24) is 29.4 Å². The number of pyridine rings is 2. The van der Waals surface area contributed by atoms with Gasteiger partial charge in [-0.15, -0.1) is 5.10 Å². The van der Waals surface area contributed by atoms with Crippen molar-refractivity contribution in [3.63, 3.8) is 0 Å². The Balaban J connectivity index is 0.935. The molecule has 1 saturated heterocycles. The van der Waals surface area contributed by atoms with E-state index in [2.05, 4.69) is 54.2 Å². The summed E-state index contributed by atoms with van der Waals surface area (Å²) in [5.74, 6) is 0.896. The second-order valence-corrected chi connectivity index (χ2v) is 25.0. The largest absolute Gasteiger partial charge is 0.474 e. The molecule has 4 heterocycles. The summed E-state index contributed by atoms with van der Waals surface area (Å²) >= 11 is 6.44. The molecule has 2 atom stereocenters. The van der Waals surface area contributed by atoms with E-state index in [1.165, 1.54) is 59.5 Å². The quantitative estimate of drug-likeness (QED) is 0.0792. The Morgan fingerprint density at radius 1 is 1.07 bits per heavy atom. The van der Waals surface area contributed by atoms with Gasteiger partial charge in [0.05, 0.1) is 11.7 Å². The molecule has 2 amide bonds. The van der Waals surface area contributed by atoms with Crippen molar-refractivity contribution in [3.8, 4) is 11.7 Å². The zero-order valence-corrected chi connectivity index (χ0v) is 35.8. The normalized spacial score (nSPS) is 21.2. The van der Waals surface area contributed by atoms with Gasteiger partial charge in [-0.05, 0) is 124 Å². The smallest absolute Gasteiger partial charge is 0.407 e.